The number of ether oxygens (including phenoxy) is 1. The summed E-state index contributed by atoms with van der Waals surface area (Å²) in [5, 5.41) is 3.54. The second-order valence-electron chi connectivity index (χ2n) is 5.15. The summed E-state index contributed by atoms with van der Waals surface area (Å²) in [4.78, 5) is 2.52. The van der Waals surface area contributed by atoms with Gasteiger partial charge in [-0.15, -0.1) is 0 Å². The van der Waals surface area contributed by atoms with Gasteiger partial charge in [-0.25, -0.2) is 0 Å². The average molecular weight is 242 g/mol. The number of hydrogen-bond acceptors (Lipinski definition) is 3. The van der Waals surface area contributed by atoms with E-state index in [1.54, 1.807) is 0 Å². The zero-order valence-electron chi connectivity index (χ0n) is 11.7. The molecule has 1 unspecified atom stereocenters. The normalized spacial score (nSPS) is 22.6. The molecule has 0 spiro atoms. The van der Waals surface area contributed by atoms with Gasteiger partial charge in [-0.1, -0.05) is 26.2 Å². The predicted molar refractivity (Wildman–Crippen MR) is 73.5 cm³/mol. The number of rotatable bonds is 8. The fraction of sp³-hybridized carbons (Fsp3) is 1.00. The standard InChI is InChI=1S/C14H30N2O/c1-3-4-5-6-8-15-9-11-16-10-7-12-17-14(2)13-16/h14-15H,3-13H2,1-2H3. The Morgan fingerprint density at radius 1 is 1.24 bits per heavy atom. The lowest BCUT2D eigenvalue weighted by Crippen LogP contribution is -2.36. The number of hydrogen-bond donors (Lipinski definition) is 1. The third kappa shape index (κ3) is 7.74. The summed E-state index contributed by atoms with van der Waals surface area (Å²) in [5.41, 5.74) is 0. The van der Waals surface area contributed by atoms with Crippen molar-refractivity contribution in [3.63, 3.8) is 0 Å². The molecule has 102 valence electrons. The molecule has 3 heteroatoms. The van der Waals surface area contributed by atoms with Crippen LogP contribution in [-0.2, 0) is 4.74 Å². The Kier molecular flexibility index (Phi) is 8.67. The van der Waals surface area contributed by atoms with Crippen molar-refractivity contribution >= 4 is 0 Å². The summed E-state index contributed by atoms with van der Waals surface area (Å²) in [6.07, 6.45) is 6.99. The van der Waals surface area contributed by atoms with Crippen molar-refractivity contribution < 1.29 is 4.74 Å². The molecule has 1 N–H and O–H groups in total. The van der Waals surface area contributed by atoms with E-state index in [0.717, 1.165) is 19.7 Å². The second kappa shape index (κ2) is 9.86. The summed E-state index contributed by atoms with van der Waals surface area (Å²) < 4.78 is 5.64. The number of nitrogens with one attached hydrogen (secondary N) is 1. The molecule has 17 heavy (non-hydrogen) atoms. The van der Waals surface area contributed by atoms with E-state index in [9.17, 15) is 0 Å². The molecule has 1 heterocycles. The Morgan fingerprint density at radius 2 is 2.12 bits per heavy atom. The van der Waals surface area contributed by atoms with Crippen LogP contribution in [0.2, 0.25) is 0 Å². The molecule has 1 saturated heterocycles. The first-order valence-electron chi connectivity index (χ1n) is 7.37. The van der Waals surface area contributed by atoms with Gasteiger partial charge in [0.25, 0.3) is 0 Å². The maximum absolute atomic E-state index is 5.64. The lowest BCUT2D eigenvalue weighted by atomic mass is 10.2. The summed E-state index contributed by atoms with van der Waals surface area (Å²) in [6.45, 7) is 11.1. The number of nitrogens with zero attached hydrogens (tertiary/aromatic N) is 1. The van der Waals surface area contributed by atoms with Crippen molar-refractivity contribution in [1.29, 1.82) is 0 Å². The Bertz CT molecular complexity index is 176. The second-order valence-corrected chi connectivity index (χ2v) is 5.15. The molecule has 1 rings (SSSR count). The van der Waals surface area contributed by atoms with Gasteiger partial charge in [-0.2, -0.15) is 0 Å². The lowest BCUT2D eigenvalue weighted by Gasteiger charge is -2.21. The van der Waals surface area contributed by atoms with E-state index < -0.39 is 0 Å². The van der Waals surface area contributed by atoms with Gasteiger partial charge < -0.3 is 10.1 Å². The molecule has 3 nitrogen and oxygen atoms in total. The fourth-order valence-electron chi connectivity index (χ4n) is 2.32. The van der Waals surface area contributed by atoms with Crippen LogP contribution in [0.25, 0.3) is 0 Å². The van der Waals surface area contributed by atoms with E-state index in [-0.39, 0.29) is 0 Å². The smallest absolute Gasteiger partial charge is 0.0673 e. The van der Waals surface area contributed by atoms with E-state index in [0.29, 0.717) is 6.10 Å². The molecule has 1 atom stereocenters. The summed E-state index contributed by atoms with van der Waals surface area (Å²) in [7, 11) is 0. The van der Waals surface area contributed by atoms with Gasteiger partial charge in [0.15, 0.2) is 0 Å². The van der Waals surface area contributed by atoms with Crippen LogP contribution < -0.4 is 5.32 Å². The lowest BCUT2D eigenvalue weighted by molar-refractivity contribution is 0.0679. The van der Waals surface area contributed by atoms with Crippen LogP contribution in [-0.4, -0.2) is 50.3 Å². The Hall–Kier alpha value is -0.120. The van der Waals surface area contributed by atoms with Crippen molar-refractivity contribution in [2.45, 2.75) is 52.1 Å². The average Bonchev–Trinajstić information content (AvgIpc) is 2.52. The van der Waals surface area contributed by atoms with Gasteiger partial charge in [0.1, 0.15) is 0 Å². The zero-order chi connectivity index (χ0) is 12.3. The van der Waals surface area contributed by atoms with Gasteiger partial charge in [0, 0.05) is 32.8 Å². The van der Waals surface area contributed by atoms with E-state index in [2.05, 4.69) is 24.1 Å². The topological polar surface area (TPSA) is 24.5 Å². The van der Waals surface area contributed by atoms with Gasteiger partial charge in [0.2, 0.25) is 0 Å². The quantitative estimate of drug-likeness (QED) is 0.661. The van der Waals surface area contributed by atoms with E-state index in [1.807, 2.05) is 0 Å². The molecule has 0 radical (unpaired) electrons. The highest BCUT2D eigenvalue weighted by Gasteiger charge is 2.13. The van der Waals surface area contributed by atoms with Crippen LogP contribution in [0.3, 0.4) is 0 Å². The van der Waals surface area contributed by atoms with Crippen LogP contribution in [0.15, 0.2) is 0 Å². The number of unbranched alkanes of at least 4 members (excludes halogenated alkanes) is 3. The first-order chi connectivity index (χ1) is 8.33. The van der Waals surface area contributed by atoms with Crippen LogP contribution in [0.4, 0.5) is 0 Å². The SMILES string of the molecule is CCCCCCNCCN1CCCOC(C)C1. The molecular formula is C14H30N2O. The Morgan fingerprint density at radius 3 is 2.94 bits per heavy atom. The van der Waals surface area contributed by atoms with Gasteiger partial charge >= 0.3 is 0 Å². The molecule has 1 aliphatic heterocycles. The highest BCUT2D eigenvalue weighted by atomic mass is 16.5. The Labute approximate surface area is 107 Å². The van der Waals surface area contributed by atoms with E-state index >= 15 is 0 Å². The Balaban J connectivity index is 1.94. The molecule has 0 aromatic heterocycles. The van der Waals surface area contributed by atoms with Crippen LogP contribution in [0.5, 0.6) is 0 Å². The molecule has 0 aromatic carbocycles. The molecule has 0 saturated carbocycles. The molecular weight excluding hydrogens is 212 g/mol. The van der Waals surface area contributed by atoms with Crippen molar-refractivity contribution in [1.82, 2.24) is 10.2 Å². The minimum absolute atomic E-state index is 0.405. The molecule has 0 amide bonds. The third-order valence-electron chi connectivity index (χ3n) is 3.35. The first-order valence-corrected chi connectivity index (χ1v) is 7.37. The first kappa shape index (κ1) is 14.9. The summed E-state index contributed by atoms with van der Waals surface area (Å²) in [5.74, 6) is 0. The zero-order valence-corrected chi connectivity index (χ0v) is 11.7. The highest BCUT2D eigenvalue weighted by molar-refractivity contribution is 4.67. The minimum atomic E-state index is 0.405. The predicted octanol–water partition coefficient (Wildman–Crippen LogP) is 2.27. The molecule has 0 aliphatic carbocycles. The fourth-order valence-corrected chi connectivity index (χ4v) is 2.32. The van der Waals surface area contributed by atoms with E-state index in [1.165, 1.54) is 51.7 Å². The van der Waals surface area contributed by atoms with Crippen LogP contribution in [0.1, 0.15) is 46.0 Å². The summed E-state index contributed by atoms with van der Waals surface area (Å²) >= 11 is 0. The molecule has 0 aromatic rings. The van der Waals surface area contributed by atoms with Crippen molar-refractivity contribution in [2.75, 3.05) is 39.3 Å². The van der Waals surface area contributed by atoms with Crippen molar-refractivity contribution in [2.24, 2.45) is 0 Å². The minimum Gasteiger partial charge on any atom is -0.377 e. The van der Waals surface area contributed by atoms with Gasteiger partial charge in [-0.05, 0) is 26.3 Å². The molecule has 1 fully saturated rings. The molecule has 0 bridgehead atoms. The van der Waals surface area contributed by atoms with Gasteiger partial charge in [0.05, 0.1) is 6.10 Å². The van der Waals surface area contributed by atoms with Crippen molar-refractivity contribution in [3.05, 3.63) is 0 Å². The van der Waals surface area contributed by atoms with Gasteiger partial charge in [-0.3, -0.25) is 4.90 Å². The maximum atomic E-state index is 5.64. The highest BCUT2D eigenvalue weighted by Crippen LogP contribution is 2.04. The third-order valence-corrected chi connectivity index (χ3v) is 3.35. The van der Waals surface area contributed by atoms with Crippen LogP contribution in [0, 0.1) is 0 Å². The van der Waals surface area contributed by atoms with E-state index in [4.69, 9.17) is 4.74 Å². The largest absolute Gasteiger partial charge is 0.377 e. The van der Waals surface area contributed by atoms with Crippen molar-refractivity contribution in [3.8, 4) is 0 Å². The maximum Gasteiger partial charge on any atom is 0.0673 e. The van der Waals surface area contributed by atoms with Crippen LogP contribution >= 0.6 is 0 Å². The molecule has 1 aliphatic rings. The monoisotopic (exact) mass is 242 g/mol. The summed E-state index contributed by atoms with van der Waals surface area (Å²) in [6, 6.07) is 0.